The van der Waals surface area contributed by atoms with Crippen LogP contribution in [0.2, 0.25) is 0 Å². The van der Waals surface area contributed by atoms with E-state index in [-0.39, 0.29) is 18.4 Å². The zero-order valence-electron chi connectivity index (χ0n) is 21.7. The predicted molar refractivity (Wildman–Crippen MR) is 146 cm³/mol. The van der Waals surface area contributed by atoms with Crippen LogP contribution in [0, 0.1) is 5.92 Å². The molecule has 4 aromatic rings. The van der Waals surface area contributed by atoms with E-state index in [1.54, 1.807) is 0 Å². The largest absolute Gasteiger partial charge is 0.480 e. The number of tetrazole rings is 1. The average Bonchev–Trinajstić information content (AvgIpc) is 3.46. The molecule has 0 aliphatic heterocycles. The summed E-state index contributed by atoms with van der Waals surface area (Å²) in [5.74, 6) is -0.828. The van der Waals surface area contributed by atoms with Gasteiger partial charge in [0.15, 0.2) is 0 Å². The molecule has 1 atom stereocenters. The first kappa shape index (κ1) is 26.7. The lowest BCUT2D eigenvalue weighted by atomic mass is 9.97. The smallest absolute Gasteiger partial charge is 0.326 e. The molecule has 4 rings (SSSR count). The summed E-state index contributed by atoms with van der Waals surface area (Å²) in [4.78, 5) is 27.0. The molecule has 0 fully saturated rings. The van der Waals surface area contributed by atoms with E-state index >= 15 is 0 Å². The number of carboxylic acid groups (broad SMARTS) is 1. The molecule has 0 saturated heterocycles. The first-order chi connectivity index (χ1) is 18.4. The van der Waals surface area contributed by atoms with E-state index in [0.29, 0.717) is 18.7 Å². The summed E-state index contributed by atoms with van der Waals surface area (Å²) in [6.45, 7) is 3.91. The summed E-state index contributed by atoms with van der Waals surface area (Å²) in [5.41, 5.74) is 4.88. The maximum atomic E-state index is 13.3. The van der Waals surface area contributed by atoms with Crippen LogP contribution in [0.1, 0.15) is 44.2 Å². The highest BCUT2D eigenvalue weighted by molar-refractivity contribution is 5.84. The second-order valence-electron chi connectivity index (χ2n) is 9.72. The molecule has 0 aliphatic rings. The lowest BCUT2D eigenvalue weighted by Gasteiger charge is -2.32. The summed E-state index contributed by atoms with van der Waals surface area (Å²) in [7, 11) is 0. The fourth-order valence-corrected chi connectivity index (χ4v) is 4.71. The Morgan fingerprint density at radius 1 is 0.868 bits per heavy atom. The first-order valence-corrected chi connectivity index (χ1v) is 12.9. The van der Waals surface area contributed by atoms with Gasteiger partial charge in [-0.05, 0) is 52.6 Å². The number of aliphatic carboxylic acids is 1. The second kappa shape index (κ2) is 12.8. The van der Waals surface area contributed by atoms with Crippen LogP contribution in [0.3, 0.4) is 0 Å². The van der Waals surface area contributed by atoms with Gasteiger partial charge in [0.05, 0.1) is 0 Å². The minimum atomic E-state index is -0.983. The molecule has 1 heterocycles. The molecule has 1 unspecified atom stereocenters. The molecule has 196 valence electrons. The fourth-order valence-electron chi connectivity index (χ4n) is 4.71. The quantitative estimate of drug-likeness (QED) is 0.247. The van der Waals surface area contributed by atoms with E-state index in [0.717, 1.165) is 35.1 Å². The molecule has 0 saturated carbocycles. The Balaban J connectivity index is 1.48. The van der Waals surface area contributed by atoms with Crippen LogP contribution in [-0.4, -0.2) is 48.5 Å². The predicted octanol–water partition coefficient (Wildman–Crippen LogP) is 5.38. The van der Waals surface area contributed by atoms with Crippen molar-refractivity contribution in [3.63, 3.8) is 0 Å². The van der Waals surface area contributed by atoms with Crippen LogP contribution in [0.15, 0.2) is 78.9 Å². The molecule has 0 bridgehead atoms. The summed E-state index contributed by atoms with van der Waals surface area (Å²) < 4.78 is 0. The maximum Gasteiger partial charge on any atom is 0.326 e. The summed E-state index contributed by atoms with van der Waals surface area (Å²) in [6, 6.07) is 24.9. The lowest BCUT2D eigenvalue weighted by Crippen LogP contribution is -2.47. The van der Waals surface area contributed by atoms with Gasteiger partial charge in [0.25, 0.3) is 0 Å². The SMILES string of the molecule is CC(C)C(C(=O)O)N(Cc1ccc(-c2ccccc2-c2nn[nH]n2)cc1)C(=O)CCCCc1ccccc1. The molecule has 2 N–H and O–H groups in total. The molecule has 1 aromatic heterocycles. The van der Waals surface area contributed by atoms with Gasteiger partial charge in [-0.3, -0.25) is 4.79 Å². The highest BCUT2D eigenvalue weighted by atomic mass is 16.4. The van der Waals surface area contributed by atoms with Gasteiger partial charge in [0.1, 0.15) is 6.04 Å². The molecule has 8 nitrogen and oxygen atoms in total. The highest BCUT2D eigenvalue weighted by Gasteiger charge is 2.32. The number of nitrogens with zero attached hydrogens (tertiary/aromatic N) is 4. The number of amides is 1. The molecule has 8 heteroatoms. The number of carboxylic acids is 1. The number of carbonyl (C=O) groups excluding carboxylic acids is 1. The molecule has 0 spiro atoms. The lowest BCUT2D eigenvalue weighted by molar-refractivity contribution is -0.153. The Labute approximate surface area is 222 Å². The van der Waals surface area contributed by atoms with E-state index in [4.69, 9.17) is 0 Å². The molecular weight excluding hydrogens is 478 g/mol. The van der Waals surface area contributed by atoms with Crippen LogP contribution < -0.4 is 0 Å². The number of aryl methyl sites for hydroxylation is 1. The van der Waals surface area contributed by atoms with Crippen molar-refractivity contribution >= 4 is 11.9 Å². The number of unbranched alkanes of at least 4 members (excludes halogenated alkanes) is 1. The van der Waals surface area contributed by atoms with Crippen molar-refractivity contribution in [3.05, 3.63) is 90.0 Å². The Hall–Kier alpha value is -4.33. The van der Waals surface area contributed by atoms with Crippen molar-refractivity contribution < 1.29 is 14.7 Å². The number of rotatable bonds is 12. The third kappa shape index (κ3) is 6.70. The molecule has 3 aromatic carbocycles. The third-order valence-corrected chi connectivity index (χ3v) is 6.62. The van der Waals surface area contributed by atoms with Crippen molar-refractivity contribution in [2.24, 2.45) is 5.92 Å². The van der Waals surface area contributed by atoms with Gasteiger partial charge in [-0.2, -0.15) is 5.21 Å². The van der Waals surface area contributed by atoms with Gasteiger partial charge in [-0.1, -0.05) is 92.7 Å². The van der Waals surface area contributed by atoms with Crippen molar-refractivity contribution in [2.45, 2.75) is 52.1 Å². The topological polar surface area (TPSA) is 112 Å². The van der Waals surface area contributed by atoms with Crippen LogP contribution in [0.5, 0.6) is 0 Å². The van der Waals surface area contributed by atoms with E-state index in [2.05, 4.69) is 32.8 Å². The molecule has 38 heavy (non-hydrogen) atoms. The van der Waals surface area contributed by atoms with Crippen LogP contribution >= 0.6 is 0 Å². The Morgan fingerprint density at radius 3 is 2.18 bits per heavy atom. The normalized spacial score (nSPS) is 11.9. The number of H-pyrrole nitrogens is 1. The first-order valence-electron chi connectivity index (χ1n) is 12.9. The van der Waals surface area contributed by atoms with Gasteiger partial charge in [-0.15, -0.1) is 10.2 Å². The fraction of sp³-hybridized carbons (Fsp3) is 0.300. The minimum absolute atomic E-state index is 0.134. The summed E-state index contributed by atoms with van der Waals surface area (Å²) in [6.07, 6.45) is 2.80. The maximum absolute atomic E-state index is 13.3. The van der Waals surface area contributed by atoms with Gasteiger partial charge in [0.2, 0.25) is 11.7 Å². The molecular formula is C30H33N5O3. The van der Waals surface area contributed by atoms with Crippen LogP contribution in [0.4, 0.5) is 0 Å². The van der Waals surface area contributed by atoms with E-state index in [1.165, 1.54) is 10.5 Å². The zero-order chi connectivity index (χ0) is 26.9. The van der Waals surface area contributed by atoms with Gasteiger partial charge in [-0.25, -0.2) is 4.79 Å². The van der Waals surface area contributed by atoms with E-state index in [1.807, 2.05) is 80.6 Å². The van der Waals surface area contributed by atoms with Crippen molar-refractivity contribution in [1.82, 2.24) is 25.5 Å². The molecule has 1 amide bonds. The van der Waals surface area contributed by atoms with Gasteiger partial charge >= 0.3 is 5.97 Å². The number of aromatic nitrogens is 4. The van der Waals surface area contributed by atoms with Crippen molar-refractivity contribution in [2.75, 3.05) is 0 Å². The van der Waals surface area contributed by atoms with Crippen molar-refractivity contribution in [3.8, 4) is 22.5 Å². The third-order valence-electron chi connectivity index (χ3n) is 6.62. The second-order valence-corrected chi connectivity index (χ2v) is 9.72. The van der Waals surface area contributed by atoms with Crippen LogP contribution in [0.25, 0.3) is 22.5 Å². The monoisotopic (exact) mass is 511 g/mol. The Morgan fingerprint density at radius 2 is 1.55 bits per heavy atom. The number of aromatic amines is 1. The molecule has 0 radical (unpaired) electrons. The Kier molecular flexibility index (Phi) is 8.98. The number of benzene rings is 3. The average molecular weight is 512 g/mol. The minimum Gasteiger partial charge on any atom is -0.480 e. The van der Waals surface area contributed by atoms with Gasteiger partial charge in [0, 0.05) is 18.5 Å². The number of hydrogen-bond donors (Lipinski definition) is 2. The standard InChI is InChI=1S/C30H33N5O3/c1-21(2)28(30(37)38)35(27(36)15-9-6-12-22-10-4-3-5-11-22)20-23-16-18-24(19-17-23)25-13-7-8-14-26(25)29-31-33-34-32-29/h3-5,7-8,10-11,13-14,16-19,21,28H,6,9,12,15,20H2,1-2H3,(H,37,38)(H,31,32,33,34). The van der Waals surface area contributed by atoms with E-state index in [9.17, 15) is 14.7 Å². The number of carbonyl (C=O) groups is 2. The highest BCUT2D eigenvalue weighted by Crippen LogP contribution is 2.30. The number of hydrogen-bond acceptors (Lipinski definition) is 5. The number of nitrogens with one attached hydrogen (secondary N) is 1. The summed E-state index contributed by atoms with van der Waals surface area (Å²) >= 11 is 0. The van der Waals surface area contributed by atoms with E-state index < -0.39 is 12.0 Å². The summed E-state index contributed by atoms with van der Waals surface area (Å²) in [5, 5.41) is 24.3. The Bertz CT molecular complexity index is 1320. The zero-order valence-corrected chi connectivity index (χ0v) is 21.7. The van der Waals surface area contributed by atoms with Crippen LogP contribution in [-0.2, 0) is 22.6 Å². The molecule has 0 aliphatic carbocycles. The van der Waals surface area contributed by atoms with Gasteiger partial charge < -0.3 is 10.0 Å². The van der Waals surface area contributed by atoms with Crippen molar-refractivity contribution in [1.29, 1.82) is 0 Å².